The third-order valence-electron chi connectivity index (χ3n) is 7.35. The molecule has 2 aliphatic rings. The second-order valence-electron chi connectivity index (χ2n) is 9.72. The van der Waals surface area contributed by atoms with Crippen molar-refractivity contribution in [2.75, 3.05) is 6.61 Å². The van der Waals surface area contributed by atoms with Crippen LogP contribution in [0.1, 0.15) is 46.8 Å². The minimum absolute atomic E-state index is 0.152. The summed E-state index contributed by atoms with van der Waals surface area (Å²) in [7, 11) is 0. The Morgan fingerprint density at radius 3 is 2.35 bits per heavy atom. The molecule has 4 aromatic rings. The minimum Gasteiger partial charge on any atom is -0.486 e. The topological polar surface area (TPSA) is 64.6 Å². The molecule has 0 unspecified atom stereocenters. The smallest absolute Gasteiger partial charge is 0.336 e. The van der Waals surface area contributed by atoms with Crippen LogP contribution in [0.4, 0.5) is 0 Å². The molecule has 4 aromatic carbocycles. The molecule has 0 aromatic heterocycles. The number of hydrogen-bond acceptors (Lipinski definition) is 5. The summed E-state index contributed by atoms with van der Waals surface area (Å²) < 4.78 is 11.5. The zero-order chi connectivity index (χ0) is 28.0. The van der Waals surface area contributed by atoms with Crippen molar-refractivity contribution < 1.29 is 19.1 Å². The van der Waals surface area contributed by atoms with Gasteiger partial charge in [-0.15, -0.1) is 0 Å². The van der Waals surface area contributed by atoms with E-state index in [9.17, 15) is 9.59 Å². The summed E-state index contributed by atoms with van der Waals surface area (Å²) in [6.07, 6.45) is 0. The predicted octanol–water partition coefficient (Wildman–Crippen LogP) is 7.86. The average molecular weight is 570 g/mol. The van der Waals surface area contributed by atoms with Gasteiger partial charge in [-0.05, 0) is 47.9 Å². The molecule has 0 saturated heterocycles. The van der Waals surface area contributed by atoms with Crippen LogP contribution < -0.4 is 10.1 Å². The van der Waals surface area contributed by atoms with Gasteiger partial charge in [-0.25, -0.2) is 4.79 Å². The molecule has 0 radical (unpaired) electrons. The number of hydrogen-bond donors (Lipinski definition) is 1. The summed E-state index contributed by atoms with van der Waals surface area (Å²) in [5.74, 6) is -1.04. The van der Waals surface area contributed by atoms with E-state index in [4.69, 9.17) is 32.7 Å². The lowest BCUT2D eigenvalue weighted by Crippen LogP contribution is -2.29. The van der Waals surface area contributed by atoms with Gasteiger partial charge in [0.2, 0.25) is 0 Å². The highest BCUT2D eigenvalue weighted by Gasteiger charge is 2.43. The monoisotopic (exact) mass is 569 g/mol. The standard InChI is InChI=1S/C33H25Cl2NO4/c1-3-39-33(38)27-18(2)36-30-23-13-6-7-14-24(23)31(37)29(30)28(27)21-15-25(34)32(26(35)16-21)40-17-20-11-8-10-19-9-4-5-12-22(19)20/h4-16,28,36H,3,17H2,1-2H3/t28-/m0/s1. The highest BCUT2D eigenvalue weighted by atomic mass is 35.5. The third-order valence-corrected chi connectivity index (χ3v) is 7.91. The molecule has 7 heteroatoms. The number of ether oxygens (including phenoxy) is 2. The maximum atomic E-state index is 13.7. The highest BCUT2D eigenvalue weighted by Crippen LogP contribution is 2.49. The lowest BCUT2D eigenvalue weighted by Gasteiger charge is -2.29. The van der Waals surface area contributed by atoms with Gasteiger partial charge in [-0.1, -0.05) is 89.9 Å². The second kappa shape index (κ2) is 10.5. The lowest BCUT2D eigenvalue weighted by molar-refractivity contribution is -0.138. The molecule has 0 spiro atoms. The van der Waals surface area contributed by atoms with Crippen LogP contribution in [0.2, 0.25) is 10.0 Å². The van der Waals surface area contributed by atoms with Gasteiger partial charge in [0.05, 0.1) is 27.9 Å². The van der Waals surface area contributed by atoms with Gasteiger partial charge in [0.25, 0.3) is 0 Å². The van der Waals surface area contributed by atoms with E-state index in [-0.39, 0.29) is 29.0 Å². The summed E-state index contributed by atoms with van der Waals surface area (Å²) in [5, 5.41) is 6.06. The van der Waals surface area contributed by atoms with Crippen LogP contribution in [-0.2, 0) is 16.1 Å². The molecular weight excluding hydrogens is 545 g/mol. The largest absolute Gasteiger partial charge is 0.486 e. The van der Waals surface area contributed by atoms with E-state index in [2.05, 4.69) is 17.4 Å². The fraction of sp³-hybridized carbons (Fsp3) is 0.152. The Balaban J connectivity index is 1.41. The first-order valence-electron chi connectivity index (χ1n) is 13.0. The van der Waals surface area contributed by atoms with E-state index < -0.39 is 11.9 Å². The quantitative estimate of drug-likeness (QED) is 0.239. The number of carbonyl (C=O) groups is 2. The number of benzene rings is 4. The minimum atomic E-state index is -0.725. The number of rotatable bonds is 6. The first kappa shape index (κ1) is 26.2. The molecule has 0 bridgehead atoms. The molecule has 0 fully saturated rings. The van der Waals surface area contributed by atoms with Crippen molar-refractivity contribution in [2.24, 2.45) is 0 Å². The number of esters is 1. The molecule has 40 heavy (non-hydrogen) atoms. The third kappa shape index (κ3) is 4.36. The van der Waals surface area contributed by atoms with E-state index in [0.717, 1.165) is 21.9 Å². The van der Waals surface area contributed by atoms with Crippen molar-refractivity contribution in [2.45, 2.75) is 26.4 Å². The van der Waals surface area contributed by atoms with Crippen LogP contribution in [0.15, 0.2) is 95.7 Å². The molecule has 0 saturated carbocycles. The average Bonchev–Trinajstić information content (AvgIpc) is 3.23. The van der Waals surface area contributed by atoms with Crippen molar-refractivity contribution in [3.8, 4) is 5.75 Å². The van der Waals surface area contributed by atoms with Gasteiger partial charge in [-0.3, -0.25) is 4.79 Å². The van der Waals surface area contributed by atoms with Gasteiger partial charge in [0.15, 0.2) is 11.5 Å². The Kier molecular flexibility index (Phi) is 6.87. The molecule has 200 valence electrons. The first-order chi connectivity index (χ1) is 19.4. The summed E-state index contributed by atoms with van der Waals surface area (Å²) in [6, 6.07) is 24.9. The molecule has 1 aliphatic carbocycles. The van der Waals surface area contributed by atoms with E-state index in [1.807, 2.05) is 48.5 Å². The van der Waals surface area contributed by atoms with Crippen molar-refractivity contribution >= 4 is 51.4 Å². The van der Waals surface area contributed by atoms with Crippen molar-refractivity contribution in [3.63, 3.8) is 0 Å². The summed E-state index contributed by atoms with van der Waals surface area (Å²) in [6.45, 7) is 4.02. The van der Waals surface area contributed by atoms with Gasteiger partial charge in [-0.2, -0.15) is 0 Å². The van der Waals surface area contributed by atoms with Gasteiger partial charge < -0.3 is 14.8 Å². The van der Waals surface area contributed by atoms with Crippen molar-refractivity contribution in [3.05, 3.63) is 128 Å². The number of dihydropyridines is 1. The Morgan fingerprint density at radius 1 is 0.925 bits per heavy atom. The fourth-order valence-corrected chi connectivity index (χ4v) is 6.21. The second-order valence-corrected chi connectivity index (χ2v) is 10.5. The number of Topliss-reactive ketones (excluding diaryl/α,β-unsaturated/α-hetero) is 1. The number of carbonyl (C=O) groups excluding carboxylic acids is 2. The molecular formula is C33H25Cl2NO4. The molecule has 5 nitrogen and oxygen atoms in total. The zero-order valence-electron chi connectivity index (χ0n) is 21.9. The Morgan fingerprint density at radius 2 is 1.60 bits per heavy atom. The number of allylic oxidation sites excluding steroid dienone is 2. The molecule has 1 atom stereocenters. The molecule has 6 rings (SSSR count). The van der Waals surface area contributed by atoms with Crippen LogP contribution >= 0.6 is 23.2 Å². The lowest BCUT2D eigenvalue weighted by atomic mass is 9.80. The van der Waals surface area contributed by atoms with Gasteiger partial charge in [0.1, 0.15) is 6.61 Å². The molecule has 1 N–H and O–H groups in total. The van der Waals surface area contributed by atoms with Crippen LogP contribution in [0, 0.1) is 0 Å². The van der Waals surface area contributed by atoms with E-state index in [1.54, 1.807) is 32.0 Å². The molecule has 1 heterocycles. The summed E-state index contributed by atoms with van der Waals surface area (Å²) in [4.78, 5) is 26.9. The van der Waals surface area contributed by atoms with Crippen molar-refractivity contribution in [1.29, 1.82) is 0 Å². The van der Waals surface area contributed by atoms with Gasteiger partial charge >= 0.3 is 5.97 Å². The first-order valence-corrected chi connectivity index (χ1v) is 13.8. The van der Waals surface area contributed by atoms with Crippen LogP contribution in [-0.4, -0.2) is 18.4 Å². The van der Waals surface area contributed by atoms with Crippen LogP contribution in [0.3, 0.4) is 0 Å². The maximum Gasteiger partial charge on any atom is 0.336 e. The highest BCUT2D eigenvalue weighted by molar-refractivity contribution is 6.37. The number of nitrogens with one attached hydrogen (secondary N) is 1. The fourth-order valence-electron chi connectivity index (χ4n) is 5.59. The van der Waals surface area contributed by atoms with E-state index in [1.165, 1.54) is 0 Å². The Hall–Kier alpha value is -4.06. The predicted molar refractivity (Wildman–Crippen MR) is 158 cm³/mol. The normalized spacial score (nSPS) is 16.1. The van der Waals surface area contributed by atoms with Crippen molar-refractivity contribution in [1.82, 2.24) is 5.32 Å². The van der Waals surface area contributed by atoms with Crippen LogP contribution in [0.5, 0.6) is 5.75 Å². The van der Waals surface area contributed by atoms with Gasteiger partial charge in [0, 0.05) is 28.3 Å². The summed E-state index contributed by atoms with van der Waals surface area (Å²) in [5.41, 5.74) is 5.07. The van der Waals surface area contributed by atoms with Crippen LogP contribution in [0.25, 0.3) is 16.5 Å². The zero-order valence-corrected chi connectivity index (χ0v) is 23.4. The number of halogens is 2. The SMILES string of the molecule is CCOC(=O)C1=C(C)NC2=C(C(=O)c3ccccc32)[C@H]1c1cc(Cl)c(OCc2cccc3ccccc23)c(Cl)c1. The number of ketones is 1. The van der Waals surface area contributed by atoms with E-state index in [0.29, 0.717) is 39.4 Å². The maximum absolute atomic E-state index is 13.7. The molecule has 0 amide bonds. The van der Waals surface area contributed by atoms with E-state index >= 15 is 0 Å². The summed E-state index contributed by atoms with van der Waals surface area (Å²) >= 11 is 13.5. The Bertz CT molecular complexity index is 1740. The number of fused-ring (bicyclic) bond motifs is 3. The molecule has 1 aliphatic heterocycles. The Labute approximate surface area is 242 Å².